The van der Waals surface area contributed by atoms with Crippen molar-refractivity contribution in [3.05, 3.63) is 0 Å². The molecular weight excluding hydrogens is 142 g/mol. The normalized spacial score (nSPS) is 30.4. The Labute approximate surface area is 67.1 Å². The Bertz CT molecular complexity index is 147. The molecule has 0 unspecified atom stereocenters. The molecule has 0 spiro atoms. The number of ether oxygens (including phenoxy) is 1. The highest BCUT2D eigenvalue weighted by Gasteiger charge is 2.27. The Hall–Kier alpha value is -0.570. The quantitative estimate of drug-likeness (QED) is 0.595. The Morgan fingerprint density at radius 2 is 2.36 bits per heavy atom. The maximum atomic E-state index is 10.6. The lowest BCUT2D eigenvalue weighted by atomic mass is 10.0. The van der Waals surface area contributed by atoms with E-state index in [1.165, 1.54) is 6.92 Å². The Morgan fingerprint density at radius 1 is 1.64 bits per heavy atom. The van der Waals surface area contributed by atoms with Gasteiger partial charge >= 0.3 is 5.97 Å². The van der Waals surface area contributed by atoms with Crippen molar-refractivity contribution in [1.29, 1.82) is 0 Å². The molecule has 0 radical (unpaired) electrons. The van der Waals surface area contributed by atoms with Crippen molar-refractivity contribution in [2.24, 2.45) is 5.92 Å². The van der Waals surface area contributed by atoms with Gasteiger partial charge in [-0.3, -0.25) is 4.79 Å². The van der Waals surface area contributed by atoms with Crippen LogP contribution in [0.5, 0.6) is 0 Å². The van der Waals surface area contributed by atoms with E-state index in [4.69, 9.17) is 4.74 Å². The van der Waals surface area contributed by atoms with E-state index in [1.54, 1.807) is 0 Å². The van der Waals surface area contributed by atoms with Gasteiger partial charge in [0.05, 0.1) is 0 Å². The minimum absolute atomic E-state index is 0.109. The standard InChI is InChI=1S/C8H15NO2/c1-3-7-4-9-5-8(7)11-6(2)10/h7-9H,3-5H2,1-2H3/t7-,8-/m1/s1. The molecule has 0 saturated carbocycles. The zero-order valence-corrected chi connectivity index (χ0v) is 7.09. The number of hydrogen-bond acceptors (Lipinski definition) is 3. The van der Waals surface area contributed by atoms with Gasteiger partial charge in [-0.25, -0.2) is 0 Å². The van der Waals surface area contributed by atoms with Crippen molar-refractivity contribution in [2.45, 2.75) is 26.4 Å². The smallest absolute Gasteiger partial charge is 0.302 e. The number of rotatable bonds is 2. The van der Waals surface area contributed by atoms with Crippen molar-refractivity contribution < 1.29 is 9.53 Å². The number of carbonyl (C=O) groups excluding carboxylic acids is 1. The fraction of sp³-hybridized carbons (Fsp3) is 0.875. The maximum Gasteiger partial charge on any atom is 0.302 e. The number of carbonyl (C=O) groups is 1. The van der Waals surface area contributed by atoms with Crippen molar-refractivity contribution in [3.8, 4) is 0 Å². The molecule has 1 N–H and O–H groups in total. The molecule has 1 saturated heterocycles. The van der Waals surface area contributed by atoms with Gasteiger partial charge in [-0.2, -0.15) is 0 Å². The van der Waals surface area contributed by atoms with Crippen LogP contribution in [0.15, 0.2) is 0 Å². The lowest BCUT2D eigenvalue weighted by Crippen LogP contribution is -2.24. The van der Waals surface area contributed by atoms with Crippen LogP contribution < -0.4 is 5.32 Å². The summed E-state index contributed by atoms with van der Waals surface area (Å²) in [5, 5.41) is 3.20. The van der Waals surface area contributed by atoms with E-state index in [0.717, 1.165) is 19.5 Å². The second-order valence-corrected chi connectivity index (χ2v) is 2.97. The van der Waals surface area contributed by atoms with Gasteiger partial charge in [0.15, 0.2) is 0 Å². The van der Waals surface area contributed by atoms with Crippen LogP contribution in [0.4, 0.5) is 0 Å². The minimum Gasteiger partial charge on any atom is -0.461 e. The Kier molecular flexibility index (Phi) is 2.88. The van der Waals surface area contributed by atoms with Crippen LogP contribution in [-0.4, -0.2) is 25.2 Å². The monoisotopic (exact) mass is 157 g/mol. The van der Waals surface area contributed by atoms with Crippen LogP contribution >= 0.6 is 0 Å². The maximum absolute atomic E-state index is 10.6. The Balaban J connectivity index is 2.37. The van der Waals surface area contributed by atoms with E-state index in [2.05, 4.69) is 12.2 Å². The predicted molar refractivity (Wildman–Crippen MR) is 42.2 cm³/mol. The molecule has 0 amide bonds. The van der Waals surface area contributed by atoms with Crippen molar-refractivity contribution in [1.82, 2.24) is 5.32 Å². The third kappa shape index (κ3) is 2.19. The average molecular weight is 157 g/mol. The van der Waals surface area contributed by atoms with Gasteiger partial charge in [-0.15, -0.1) is 0 Å². The summed E-state index contributed by atoms with van der Waals surface area (Å²) in [4.78, 5) is 10.6. The summed E-state index contributed by atoms with van der Waals surface area (Å²) < 4.78 is 5.11. The summed E-state index contributed by atoms with van der Waals surface area (Å²) in [7, 11) is 0. The van der Waals surface area contributed by atoms with Crippen molar-refractivity contribution in [3.63, 3.8) is 0 Å². The van der Waals surface area contributed by atoms with Gasteiger partial charge in [0, 0.05) is 25.9 Å². The van der Waals surface area contributed by atoms with E-state index in [0.29, 0.717) is 5.92 Å². The largest absolute Gasteiger partial charge is 0.461 e. The topological polar surface area (TPSA) is 38.3 Å². The molecule has 2 atom stereocenters. The molecule has 3 heteroatoms. The lowest BCUT2D eigenvalue weighted by molar-refractivity contribution is -0.147. The van der Waals surface area contributed by atoms with E-state index >= 15 is 0 Å². The summed E-state index contributed by atoms with van der Waals surface area (Å²) in [6.45, 7) is 5.38. The van der Waals surface area contributed by atoms with Gasteiger partial charge in [-0.05, 0) is 6.42 Å². The molecule has 1 aliphatic heterocycles. The molecule has 3 nitrogen and oxygen atoms in total. The fourth-order valence-corrected chi connectivity index (χ4v) is 1.47. The molecule has 0 aromatic heterocycles. The number of hydrogen-bond donors (Lipinski definition) is 1. The van der Waals surface area contributed by atoms with E-state index in [1.807, 2.05) is 0 Å². The summed E-state index contributed by atoms with van der Waals surface area (Å²) in [6, 6.07) is 0. The molecule has 1 heterocycles. The SMILES string of the molecule is CC[C@@H]1CNC[C@H]1OC(C)=O. The molecular formula is C8H15NO2. The van der Waals surface area contributed by atoms with Gasteiger partial charge < -0.3 is 10.1 Å². The van der Waals surface area contributed by atoms with Crippen LogP contribution in [-0.2, 0) is 9.53 Å². The highest BCUT2D eigenvalue weighted by atomic mass is 16.5. The highest BCUT2D eigenvalue weighted by molar-refractivity contribution is 5.66. The van der Waals surface area contributed by atoms with Gasteiger partial charge in [0.25, 0.3) is 0 Å². The molecule has 11 heavy (non-hydrogen) atoms. The van der Waals surface area contributed by atoms with Crippen LogP contribution in [0.25, 0.3) is 0 Å². The molecule has 0 bridgehead atoms. The molecule has 0 aromatic rings. The van der Waals surface area contributed by atoms with Crippen LogP contribution in [0, 0.1) is 5.92 Å². The van der Waals surface area contributed by atoms with Gasteiger partial charge in [0.1, 0.15) is 6.10 Å². The zero-order chi connectivity index (χ0) is 8.27. The molecule has 0 aromatic carbocycles. The molecule has 0 aliphatic carbocycles. The first-order valence-electron chi connectivity index (χ1n) is 4.12. The third-order valence-corrected chi connectivity index (χ3v) is 2.12. The Morgan fingerprint density at radius 3 is 2.91 bits per heavy atom. The van der Waals surface area contributed by atoms with E-state index in [-0.39, 0.29) is 12.1 Å². The second kappa shape index (κ2) is 3.72. The van der Waals surface area contributed by atoms with Crippen LogP contribution in [0.2, 0.25) is 0 Å². The first-order valence-corrected chi connectivity index (χ1v) is 4.12. The number of esters is 1. The molecule has 1 rings (SSSR count). The van der Waals surface area contributed by atoms with Crippen LogP contribution in [0.1, 0.15) is 20.3 Å². The lowest BCUT2D eigenvalue weighted by Gasteiger charge is -2.15. The predicted octanol–water partition coefficient (Wildman–Crippen LogP) is 0.547. The zero-order valence-electron chi connectivity index (χ0n) is 7.09. The number of nitrogens with one attached hydrogen (secondary N) is 1. The van der Waals surface area contributed by atoms with E-state index in [9.17, 15) is 4.79 Å². The van der Waals surface area contributed by atoms with Gasteiger partial charge in [0.2, 0.25) is 0 Å². The summed E-state index contributed by atoms with van der Waals surface area (Å²) in [6.07, 6.45) is 1.18. The minimum atomic E-state index is -0.169. The fourth-order valence-electron chi connectivity index (χ4n) is 1.47. The summed E-state index contributed by atoms with van der Waals surface area (Å²) >= 11 is 0. The van der Waals surface area contributed by atoms with Crippen LogP contribution in [0.3, 0.4) is 0 Å². The average Bonchev–Trinajstić information content (AvgIpc) is 2.34. The van der Waals surface area contributed by atoms with Crippen molar-refractivity contribution >= 4 is 5.97 Å². The molecule has 64 valence electrons. The molecule has 1 fully saturated rings. The van der Waals surface area contributed by atoms with Crippen molar-refractivity contribution in [2.75, 3.05) is 13.1 Å². The van der Waals surface area contributed by atoms with E-state index < -0.39 is 0 Å². The van der Waals surface area contributed by atoms with Gasteiger partial charge in [-0.1, -0.05) is 6.92 Å². The summed E-state index contributed by atoms with van der Waals surface area (Å²) in [5.74, 6) is 0.344. The highest BCUT2D eigenvalue weighted by Crippen LogP contribution is 2.15. The third-order valence-electron chi connectivity index (χ3n) is 2.12. The molecule has 1 aliphatic rings. The summed E-state index contributed by atoms with van der Waals surface area (Å²) in [5.41, 5.74) is 0. The second-order valence-electron chi connectivity index (χ2n) is 2.97. The first-order chi connectivity index (χ1) is 5.24. The first kappa shape index (κ1) is 8.53.